The monoisotopic (exact) mass is 482 g/mol. The van der Waals surface area contributed by atoms with Crippen molar-refractivity contribution in [3.63, 3.8) is 0 Å². The molecule has 1 fully saturated rings. The molecule has 0 spiro atoms. The van der Waals surface area contributed by atoms with Crippen LogP contribution in [0.1, 0.15) is 83.1 Å². The minimum absolute atomic E-state index is 0.0996. The maximum atomic E-state index is 15.0. The Hall–Kier alpha value is -2.49. The normalized spacial score (nSPS) is 22.5. The molecule has 4 rings (SSSR count). The minimum atomic E-state index is -0.786. The Morgan fingerprint density at radius 3 is 2.29 bits per heavy atom. The molecule has 1 saturated carbocycles. The van der Waals surface area contributed by atoms with Gasteiger partial charge in [-0.3, -0.25) is 0 Å². The fourth-order valence-electron chi connectivity index (χ4n) is 5.44. The fourth-order valence-corrected chi connectivity index (χ4v) is 5.44. The molecule has 2 aromatic rings. The number of ether oxygens (including phenoxy) is 1. The van der Waals surface area contributed by atoms with Crippen molar-refractivity contribution in [3.05, 3.63) is 77.1 Å². The Kier molecular flexibility index (Phi) is 8.75. The SMILES string of the molecule is CCCCC1C=C(F)C(COc2ccc(-c3ccc(C4CCC(CC)CC4)c(F)c3F)cc2)=CC1. The van der Waals surface area contributed by atoms with Gasteiger partial charge >= 0.3 is 0 Å². The van der Waals surface area contributed by atoms with Gasteiger partial charge in [-0.05, 0) is 85.6 Å². The van der Waals surface area contributed by atoms with Gasteiger partial charge < -0.3 is 4.74 Å². The Balaban J connectivity index is 1.38. The number of rotatable bonds is 9. The summed E-state index contributed by atoms with van der Waals surface area (Å²) in [7, 11) is 0. The van der Waals surface area contributed by atoms with Crippen molar-refractivity contribution in [1.29, 1.82) is 0 Å². The molecule has 0 bridgehead atoms. The van der Waals surface area contributed by atoms with E-state index in [1.807, 2.05) is 6.08 Å². The Morgan fingerprint density at radius 1 is 0.886 bits per heavy atom. The van der Waals surface area contributed by atoms with E-state index in [4.69, 9.17) is 4.74 Å². The summed E-state index contributed by atoms with van der Waals surface area (Å²) in [6.07, 6.45) is 12.9. The highest BCUT2D eigenvalue weighted by Gasteiger charge is 2.26. The van der Waals surface area contributed by atoms with Crippen LogP contribution in [-0.2, 0) is 0 Å². The van der Waals surface area contributed by atoms with Crippen molar-refractivity contribution in [2.45, 2.75) is 77.6 Å². The maximum Gasteiger partial charge on any atom is 0.166 e. The number of hydrogen-bond donors (Lipinski definition) is 0. The van der Waals surface area contributed by atoms with Gasteiger partial charge in [0, 0.05) is 11.1 Å². The third-order valence-electron chi connectivity index (χ3n) is 7.82. The Bertz CT molecular complexity index is 1050. The quantitative estimate of drug-likeness (QED) is 0.346. The summed E-state index contributed by atoms with van der Waals surface area (Å²) >= 11 is 0. The largest absolute Gasteiger partial charge is 0.489 e. The van der Waals surface area contributed by atoms with Crippen molar-refractivity contribution in [1.82, 2.24) is 0 Å². The molecule has 0 amide bonds. The molecule has 2 aromatic carbocycles. The zero-order chi connectivity index (χ0) is 24.8. The number of unbranched alkanes of at least 4 members (excludes halogenated alkanes) is 1. The van der Waals surface area contributed by atoms with Crippen LogP contribution in [0.5, 0.6) is 5.75 Å². The average Bonchev–Trinajstić information content (AvgIpc) is 2.89. The lowest BCUT2D eigenvalue weighted by Gasteiger charge is -2.28. The topological polar surface area (TPSA) is 9.23 Å². The van der Waals surface area contributed by atoms with Gasteiger partial charge in [0.15, 0.2) is 11.6 Å². The van der Waals surface area contributed by atoms with E-state index in [2.05, 4.69) is 13.8 Å². The first kappa shape index (κ1) is 25.6. The molecule has 0 radical (unpaired) electrons. The molecule has 0 saturated heterocycles. The molecule has 2 aliphatic rings. The fraction of sp³-hybridized carbons (Fsp3) is 0.484. The molecule has 0 heterocycles. The van der Waals surface area contributed by atoms with Gasteiger partial charge in [-0.1, -0.05) is 63.5 Å². The van der Waals surface area contributed by atoms with E-state index in [9.17, 15) is 4.39 Å². The van der Waals surface area contributed by atoms with E-state index in [0.29, 0.717) is 28.4 Å². The first-order valence-electron chi connectivity index (χ1n) is 13.3. The van der Waals surface area contributed by atoms with Crippen molar-refractivity contribution in [2.75, 3.05) is 6.61 Å². The first-order chi connectivity index (χ1) is 17.0. The van der Waals surface area contributed by atoms with Crippen LogP contribution < -0.4 is 4.74 Å². The van der Waals surface area contributed by atoms with Crippen LogP contribution in [0, 0.1) is 23.5 Å². The van der Waals surface area contributed by atoms with Crippen molar-refractivity contribution >= 4 is 0 Å². The predicted molar refractivity (Wildman–Crippen MR) is 137 cm³/mol. The summed E-state index contributed by atoms with van der Waals surface area (Å²) in [5.41, 5.74) is 1.92. The molecule has 0 aromatic heterocycles. The number of halogens is 3. The minimum Gasteiger partial charge on any atom is -0.489 e. The van der Waals surface area contributed by atoms with E-state index in [0.717, 1.165) is 57.8 Å². The van der Waals surface area contributed by atoms with E-state index in [1.165, 1.54) is 0 Å². The third kappa shape index (κ3) is 6.20. The highest BCUT2D eigenvalue weighted by atomic mass is 19.2. The maximum absolute atomic E-state index is 15.0. The second-order valence-corrected chi connectivity index (χ2v) is 10.2. The molecule has 0 aliphatic heterocycles. The predicted octanol–water partition coefficient (Wildman–Crippen LogP) is 9.68. The second kappa shape index (κ2) is 12.0. The molecule has 1 unspecified atom stereocenters. The summed E-state index contributed by atoms with van der Waals surface area (Å²) < 4.78 is 50.2. The van der Waals surface area contributed by atoms with Gasteiger partial charge in [-0.25, -0.2) is 13.2 Å². The lowest BCUT2D eigenvalue weighted by atomic mass is 9.77. The van der Waals surface area contributed by atoms with Gasteiger partial charge in [-0.2, -0.15) is 0 Å². The van der Waals surface area contributed by atoms with E-state index < -0.39 is 11.6 Å². The molecular formula is C31H37F3O. The van der Waals surface area contributed by atoms with Crippen LogP contribution in [0.25, 0.3) is 11.1 Å². The van der Waals surface area contributed by atoms with E-state index >= 15 is 8.78 Å². The number of allylic oxidation sites excluding steroid dienone is 2. The highest BCUT2D eigenvalue weighted by Crippen LogP contribution is 2.40. The summed E-state index contributed by atoms with van der Waals surface area (Å²) in [6, 6.07) is 10.3. The smallest absolute Gasteiger partial charge is 0.166 e. The van der Waals surface area contributed by atoms with Crippen LogP contribution in [0.15, 0.2) is 60.0 Å². The molecule has 0 N–H and O–H groups in total. The average molecular weight is 483 g/mol. The van der Waals surface area contributed by atoms with E-state index in [1.54, 1.807) is 42.5 Å². The first-order valence-corrected chi connectivity index (χ1v) is 13.3. The summed E-state index contributed by atoms with van der Waals surface area (Å²) in [6.45, 7) is 4.49. The van der Waals surface area contributed by atoms with Crippen LogP contribution in [-0.4, -0.2) is 6.61 Å². The lowest BCUT2D eigenvalue weighted by molar-refractivity contribution is 0.312. The van der Waals surface area contributed by atoms with Crippen molar-refractivity contribution < 1.29 is 17.9 Å². The third-order valence-corrected chi connectivity index (χ3v) is 7.82. The molecule has 1 atom stereocenters. The van der Waals surface area contributed by atoms with Gasteiger partial charge in [0.1, 0.15) is 18.2 Å². The van der Waals surface area contributed by atoms with Crippen LogP contribution in [0.3, 0.4) is 0 Å². The van der Waals surface area contributed by atoms with E-state index in [-0.39, 0.29) is 29.8 Å². The zero-order valence-corrected chi connectivity index (χ0v) is 21.0. The molecule has 35 heavy (non-hydrogen) atoms. The van der Waals surface area contributed by atoms with Crippen molar-refractivity contribution in [3.8, 4) is 16.9 Å². The molecule has 4 heteroatoms. The van der Waals surface area contributed by atoms with Gasteiger partial charge in [0.2, 0.25) is 0 Å². The Morgan fingerprint density at radius 2 is 1.63 bits per heavy atom. The van der Waals surface area contributed by atoms with Crippen molar-refractivity contribution in [2.24, 2.45) is 11.8 Å². The van der Waals surface area contributed by atoms with Gasteiger partial charge in [-0.15, -0.1) is 0 Å². The number of benzene rings is 2. The zero-order valence-electron chi connectivity index (χ0n) is 21.0. The standard InChI is InChI=1S/C31H37F3O/c1-3-5-6-22-9-12-25(29(32)19-22)20-35-26-15-13-24(14-16-26)28-18-17-27(30(33)31(28)34)23-10-7-21(4-2)8-11-23/h12-19,21-23H,3-11,20H2,1-2H3. The molecule has 1 nitrogen and oxygen atoms in total. The van der Waals surface area contributed by atoms with Crippen LogP contribution in [0.2, 0.25) is 0 Å². The van der Waals surface area contributed by atoms with Crippen LogP contribution >= 0.6 is 0 Å². The highest BCUT2D eigenvalue weighted by molar-refractivity contribution is 5.65. The summed E-state index contributed by atoms with van der Waals surface area (Å²) in [4.78, 5) is 0. The van der Waals surface area contributed by atoms with Crippen LogP contribution in [0.4, 0.5) is 13.2 Å². The number of hydrogen-bond acceptors (Lipinski definition) is 1. The van der Waals surface area contributed by atoms with Gasteiger partial charge in [0.25, 0.3) is 0 Å². The molecule has 2 aliphatic carbocycles. The summed E-state index contributed by atoms with van der Waals surface area (Å²) in [5, 5.41) is 0. The Labute approximate surface area is 208 Å². The second-order valence-electron chi connectivity index (χ2n) is 10.2. The lowest BCUT2D eigenvalue weighted by Crippen LogP contribution is -2.14. The molecule has 188 valence electrons. The summed E-state index contributed by atoms with van der Waals surface area (Å²) in [5.74, 6) is -0.0505. The molecular weight excluding hydrogens is 445 g/mol. The van der Waals surface area contributed by atoms with Gasteiger partial charge in [0.05, 0.1) is 0 Å².